The summed E-state index contributed by atoms with van der Waals surface area (Å²) in [5.74, 6) is 0.652. The van der Waals surface area contributed by atoms with E-state index in [-0.39, 0.29) is 5.69 Å². The molecule has 0 N–H and O–H groups in total. The van der Waals surface area contributed by atoms with Crippen LogP contribution < -0.4 is 4.74 Å². The van der Waals surface area contributed by atoms with Crippen LogP contribution >= 0.6 is 0 Å². The van der Waals surface area contributed by atoms with E-state index in [9.17, 15) is 14.9 Å². The zero-order chi connectivity index (χ0) is 21.0. The van der Waals surface area contributed by atoms with Crippen LogP contribution in [0.1, 0.15) is 26.3 Å². The summed E-state index contributed by atoms with van der Waals surface area (Å²) in [5, 5.41) is 10.7. The summed E-state index contributed by atoms with van der Waals surface area (Å²) in [6, 6.07) is 13.5. The highest BCUT2D eigenvalue weighted by Crippen LogP contribution is 2.22. The number of aromatic nitrogens is 2. The summed E-state index contributed by atoms with van der Waals surface area (Å²) in [6.07, 6.45) is 2.54. The van der Waals surface area contributed by atoms with Crippen LogP contribution in [0.25, 0.3) is 11.3 Å². The van der Waals surface area contributed by atoms with Crippen molar-refractivity contribution in [2.24, 2.45) is 0 Å². The van der Waals surface area contributed by atoms with Gasteiger partial charge in [-0.25, -0.2) is 14.3 Å². The van der Waals surface area contributed by atoms with Crippen molar-refractivity contribution in [3.8, 4) is 17.0 Å². The molecule has 1 aromatic heterocycles. The Kier molecular flexibility index (Phi) is 5.63. The lowest BCUT2D eigenvalue weighted by molar-refractivity contribution is -0.384. The Morgan fingerprint density at radius 2 is 1.76 bits per heavy atom. The van der Waals surface area contributed by atoms with Crippen LogP contribution in [0.2, 0.25) is 0 Å². The molecule has 3 rings (SSSR count). The predicted octanol–water partition coefficient (Wildman–Crippen LogP) is 4.82. The van der Waals surface area contributed by atoms with Crippen molar-refractivity contribution in [1.29, 1.82) is 0 Å². The van der Waals surface area contributed by atoms with E-state index in [2.05, 4.69) is 4.98 Å². The molecule has 0 saturated heterocycles. The van der Waals surface area contributed by atoms with Crippen LogP contribution in [-0.4, -0.2) is 26.2 Å². The minimum absolute atomic E-state index is 0.0453. The molecule has 0 aliphatic carbocycles. The van der Waals surface area contributed by atoms with E-state index in [1.54, 1.807) is 51.2 Å². The van der Waals surface area contributed by atoms with Gasteiger partial charge in [-0.2, -0.15) is 0 Å². The van der Waals surface area contributed by atoms with E-state index in [4.69, 9.17) is 9.47 Å². The molecule has 0 amide bonds. The summed E-state index contributed by atoms with van der Waals surface area (Å²) in [6.45, 7) is 5.71. The molecular weight excluding hydrogens is 374 g/mol. The molecule has 2 aromatic carbocycles. The van der Waals surface area contributed by atoms with Crippen LogP contribution in [0.5, 0.6) is 5.75 Å². The molecule has 1 heterocycles. The molecule has 0 bridgehead atoms. The number of imidazole rings is 1. The Labute approximate surface area is 167 Å². The highest BCUT2D eigenvalue weighted by molar-refractivity contribution is 5.73. The number of hydrogen-bond acceptors (Lipinski definition) is 6. The van der Waals surface area contributed by atoms with Gasteiger partial charge in [-0.05, 0) is 62.7 Å². The van der Waals surface area contributed by atoms with Crippen LogP contribution in [0.3, 0.4) is 0 Å². The fraction of sp³-hybridized carbons (Fsp3) is 0.238. The zero-order valence-electron chi connectivity index (χ0n) is 16.4. The molecular formula is C21H21N3O5. The smallest absolute Gasteiger partial charge is 0.419 e. The van der Waals surface area contributed by atoms with Crippen LogP contribution in [0, 0.1) is 10.1 Å². The first kappa shape index (κ1) is 20.1. The lowest BCUT2D eigenvalue weighted by Gasteiger charge is -2.19. The van der Waals surface area contributed by atoms with Crippen molar-refractivity contribution in [2.75, 3.05) is 0 Å². The molecule has 0 radical (unpaired) electrons. The Bertz CT molecular complexity index is 1000. The largest absolute Gasteiger partial charge is 0.489 e. The SMILES string of the molecule is CC(C)(C)OC(=O)n1cnc(-c2ccc(OCc3ccc([N+](=O)[O-])cc3)cc2)c1. The number of hydrogen-bond donors (Lipinski definition) is 0. The maximum absolute atomic E-state index is 12.1. The molecule has 29 heavy (non-hydrogen) atoms. The molecule has 150 valence electrons. The van der Waals surface area contributed by atoms with Gasteiger partial charge in [0.05, 0.1) is 10.6 Å². The van der Waals surface area contributed by atoms with Crippen molar-refractivity contribution in [3.63, 3.8) is 0 Å². The summed E-state index contributed by atoms with van der Waals surface area (Å²) in [7, 11) is 0. The second kappa shape index (κ2) is 8.14. The third-order valence-electron chi connectivity index (χ3n) is 3.89. The zero-order valence-corrected chi connectivity index (χ0v) is 16.4. The minimum atomic E-state index is -0.579. The van der Waals surface area contributed by atoms with Gasteiger partial charge in [0.1, 0.15) is 24.3 Å². The quantitative estimate of drug-likeness (QED) is 0.454. The maximum Gasteiger partial charge on any atom is 0.419 e. The number of rotatable bonds is 5. The number of non-ortho nitro benzene ring substituents is 1. The van der Waals surface area contributed by atoms with Gasteiger partial charge in [0.25, 0.3) is 5.69 Å². The van der Waals surface area contributed by atoms with E-state index in [0.717, 1.165) is 11.1 Å². The molecule has 0 fully saturated rings. The van der Waals surface area contributed by atoms with E-state index in [1.807, 2.05) is 12.1 Å². The number of carbonyl (C=O) groups excluding carboxylic acids is 1. The molecule has 0 aliphatic rings. The fourth-order valence-corrected chi connectivity index (χ4v) is 2.49. The lowest BCUT2D eigenvalue weighted by atomic mass is 10.1. The van der Waals surface area contributed by atoms with Gasteiger partial charge >= 0.3 is 6.09 Å². The summed E-state index contributed by atoms with van der Waals surface area (Å²) >= 11 is 0. The molecule has 8 nitrogen and oxygen atoms in total. The Morgan fingerprint density at radius 1 is 1.10 bits per heavy atom. The highest BCUT2D eigenvalue weighted by atomic mass is 16.6. The average molecular weight is 395 g/mol. The van der Waals surface area contributed by atoms with Crippen LogP contribution in [-0.2, 0) is 11.3 Å². The first-order valence-corrected chi connectivity index (χ1v) is 8.95. The fourth-order valence-electron chi connectivity index (χ4n) is 2.49. The van der Waals surface area contributed by atoms with Crippen molar-refractivity contribution < 1.29 is 19.2 Å². The summed E-state index contributed by atoms with van der Waals surface area (Å²) < 4.78 is 12.3. The number of nitro groups is 1. The Morgan fingerprint density at radius 3 is 2.34 bits per heavy atom. The Balaban J connectivity index is 1.61. The lowest BCUT2D eigenvalue weighted by Crippen LogP contribution is -2.26. The number of nitro benzene ring substituents is 1. The molecule has 0 aliphatic heterocycles. The van der Waals surface area contributed by atoms with Gasteiger partial charge in [-0.3, -0.25) is 10.1 Å². The van der Waals surface area contributed by atoms with Gasteiger partial charge in [0.15, 0.2) is 0 Å². The monoisotopic (exact) mass is 395 g/mol. The second-order valence-corrected chi connectivity index (χ2v) is 7.38. The number of benzene rings is 2. The number of nitrogens with zero attached hydrogens (tertiary/aromatic N) is 3. The molecule has 8 heteroatoms. The van der Waals surface area contributed by atoms with Gasteiger partial charge in [0.2, 0.25) is 0 Å². The minimum Gasteiger partial charge on any atom is -0.489 e. The number of carbonyl (C=O) groups is 1. The normalized spacial score (nSPS) is 11.1. The van der Waals surface area contributed by atoms with Crippen molar-refractivity contribution in [3.05, 3.63) is 76.7 Å². The molecule has 0 atom stereocenters. The Hall–Kier alpha value is -3.68. The van der Waals surface area contributed by atoms with Crippen molar-refractivity contribution in [2.45, 2.75) is 33.0 Å². The van der Waals surface area contributed by atoms with Gasteiger partial charge in [0, 0.05) is 23.9 Å². The standard InChI is InChI=1S/C21H21N3O5/c1-21(2,3)29-20(25)23-12-19(22-14-23)16-6-10-18(11-7-16)28-13-15-4-8-17(9-5-15)24(26)27/h4-12,14H,13H2,1-3H3. The molecule has 0 unspecified atom stereocenters. The van der Waals surface area contributed by atoms with E-state index in [1.165, 1.54) is 23.0 Å². The third kappa shape index (κ3) is 5.41. The summed E-state index contributed by atoms with van der Waals surface area (Å²) in [4.78, 5) is 26.6. The van der Waals surface area contributed by atoms with Gasteiger partial charge in [-0.15, -0.1) is 0 Å². The number of ether oxygens (including phenoxy) is 2. The second-order valence-electron chi connectivity index (χ2n) is 7.38. The topological polar surface area (TPSA) is 96.5 Å². The van der Waals surface area contributed by atoms with E-state index < -0.39 is 16.6 Å². The summed E-state index contributed by atoms with van der Waals surface area (Å²) in [5.41, 5.74) is 1.76. The van der Waals surface area contributed by atoms with E-state index in [0.29, 0.717) is 18.1 Å². The van der Waals surface area contributed by atoms with Crippen LogP contribution in [0.4, 0.5) is 10.5 Å². The van der Waals surface area contributed by atoms with E-state index >= 15 is 0 Å². The first-order valence-electron chi connectivity index (χ1n) is 8.95. The molecule has 0 spiro atoms. The molecule has 0 saturated carbocycles. The first-order chi connectivity index (χ1) is 13.7. The molecule has 3 aromatic rings. The predicted molar refractivity (Wildman–Crippen MR) is 107 cm³/mol. The average Bonchev–Trinajstić information content (AvgIpc) is 3.16. The van der Waals surface area contributed by atoms with Crippen molar-refractivity contribution >= 4 is 11.8 Å². The van der Waals surface area contributed by atoms with Crippen molar-refractivity contribution in [1.82, 2.24) is 9.55 Å². The maximum atomic E-state index is 12.1. The van der Waals surface area contributed by atoms with Gasteiger partial charge in [-0.1, -0.05) is 0 Å². The van der Waals surface area contributed by atoms with Gasteiger partial charge < -0.3 is 9.47 Å². The third-order valence-corrected chi connectivity index (χ3v) is 3.89. The highest BCUT2D eigenvalue weighted by Gasteiger charge is 2.18. The van der Waals surface area contributed by atoms with Crippen LogP contribution in [0.15, 0.2) is 61.1 Å².